The van der Waals surface area contributed by atoms with Gasteiger partial charge >= 0.3 is 6.03 Å². The maximum atomic E-state index is 14.0. The van der Waals surface area contributed by atoms with Crippen molar-refractivity contribution < 1.29 is 19.0 Å². The highest BCUT2D eigenvalue weighted by Gasteiger charge is 2.29. The third-order valence-corrected chi connectivity index (χ3v) is 3.85. The van der Waals surface area contributed by atoms with E-state index in [1.165, 1.54) is 13.2 Å². The van der Waals surface area contributed by atoms with E-state index >= 15 is 0 Å². The number of amides is 2. The lowest BCUT2D eigenvalue weighted by molar-refractivity contribution is 0.155. The van der Waals surface area contributed by atoms with E-state index in [1.807, 2.05) is 0 Å². The number of aliphatic hydroxyl groups is 1. The smallest absolute Gasteiger partial charge is 0.318 e. The highest BCUT2D eigenvalue weighted by Crippen LogP contribution is 2.28. The molecule has 0 aliphatic carbocycles. The second-order valence-corrected chi connectivity index (χ2v) is 5.20. The molecule has 0 spiro atoms. The van der Waals surface area contributed by atoms with Crippen LogP contribution in [0.4, 0.5) is 9.18 Å². The summed E-state index contributed by atoms with van der Waals surface area (Å²) in [6.45, 7) is 2.27. The maximum Gasteiger partial charge on any atom is 0.318 e. The normalized spacial score (nSPS) is 19.4. The molecule has 1 aliphatic rings. The molecule has 1 aromatic carbocycles. The van der Waals surface area contributed by atoms with Gasteiger partial charge in [0.05, 0.1) is 31.4 Å². The highest BCUT2D eigenvalue weighted by molar-refractivity contribution is 5.75. The molecule has 1 saturated heterocycles. The summed E-state index contributed by atoms with van der Waals surface area (Å²) in [6.07, 6.45) is 1.66. The number of likely N-dealkylation sites (tertiary alicyclic amines) is 1. The number of carbonyl (C=O) groups is 1. The molecular formula is C15H21FN2O3. The van der Waals surface area contributed by atoms with Gasteiger partial charge in [-0.15, -0.1) is 0 Å². The number of ether oxygens (including phenoxy) is 1. The Kier molecular flexibility index (Phi) is 5.01. The molecule has 2 amide bonds. The van der Waals surface area contributed by atoms with Gasteiger partial charge in [0.2, 0.25) is 0 Å². The molecule has 0 bridgehead atoms. The maximum absolute atomic E-state index is 14.0. The second kappa shape index (κ2) is 6.76. The van der Waals surface area contributed by atoms with Crippen molar-refractivity contribution in [2.75, 3.05) is 20.3 Å². The summed E-state index contributed by atoms with van der Waals surface area (Å²) < 4.78 is 19.1. The number of benzene rings is 1. The quantitative estimate of drug-likeness (QED) is 0.894. The van der Waals surface area contributed by atoms with Crippen molar-refractivity contribution in [1.29, 1.82) is 0 Å². The van der Waals surface area contributed by atoms with Crippen LogP contribution in [0.15, 0.2) is 18.2 Å². The fraction of sp³-hybridized carbons (Fsp3) is 0.533. The summed E-state index contributed by atoms with van der Waals surface area (Å²) in [5.74, 6) is -0.00906. The Labute approximate surface area is 123 Å². The van der Waals surface area contributed by atoms with Crippen LogP contribution in [0.1, 0.15) is 31.4 Å². The minimum absolute atomic E-state index is 0.0508. The molecule has 116 valence electrons. The highest BCUT2D eigenvalue weighted by atomic mass is 19.1. The number of methoxy groups -OCH3 is 1. The Balaban J connectivity index is 2.11. The predicted octanol–water partition coefficient (Wildman–Crippen LogP) is 2.06. The predicted molar refractivity (Wildman–Crippen MR) is 76.7 cm³/mol. The molecule has 0 saturated carbocycles. The SMILES string of the molecule is COc1cccc(F)c1[C@H](C)NC(=O)N1CCC[C@@H]1CO. The molecule has 0 radical (unpaired) electrons. The number of nitrogens with zero attached hydrogens (tertiary/aromatic N) is 1. The number of nitrogens with one attached hydrogen (secondary N) is 1. The van der Waals surface area contributed by atoms with E-state index in [1.54, 1.807) is 24.0 Å². The number of halogens is 1. The van der Waals surface area contributed by atoms with Gasteiger partial charge in [-0.05, 0) is 31.9 Å². The van der Waals surface area contributed by atoms with Crippen LogP contribution in [0.5, 0.6) is 5.75 Å². The Hall–Kier alpha value is -1.82. The van der Waals surface area contributed by atoms with Gasteiger partial charge in [0, 0.05) is 6.54 Å². The monoisotopic (exact) mass is 296 g/mol. The summed E-state index contributed by atoms with van der Waals surface area (Å²) in [4.78, 5) is 13.9. The average Bonchev–Trinajstić information content (AvgIpc) is 2.95. The summed E-state index contributed by atoms with van der Waals surface area (Å²) in [5, 5.41) is 12.0. The molecule has 2 N–H and O–H groups in total. The van der Waals surface area contributed by atoms with Crippen molar-refractivity contribution in [2.45, 2.75) is 31.8 Å². The molecule has 2 rings (SSSR count). The number of aliphatic hydroxyl groups excluding tert-OH is 1. The fourth-order valence-electron chi connectivity index (χ4n) is 2.75. The van der Waals surface area contributed by atoms with Gasteiger partial charge in [0.1, 0.15) is 11.6 Å². The first-order valence-electron chi connectivity index (χ1n) is 7.08. The first-order chi connectivity index (χ1) is 10.1. The van der Waals surface area contributed by atoms with Crippen molar-refractivity contribution in [3.63, 3.8) is 0 Å². The number of rotatable bonds is 4. The Morgan fingerprint density at radius 2 is 2.38 bits per heavy atom. The molecule has 1 aliphatic heterocycles. The van der Waals surface area contributed by atoms with E-state index in [9.17, 15) is 14.3 Å². The Morgan fingerprint density at radius 3 is 3.05 bits per heavy atom. The lowest BCUT2D eigenvalue weighted by Crippen LogP contribution is -2.45. The molecular weight excluding hydrogens is 275 g/mol. The van der Waals surface area contributed by atoms with Crippen molar-refractivity contribution in [2.24, 2.45) is 0 Å². The summed E-state index contributed by atoms with van der Waals surface area (Å²) >= 11 is 0. The van der Waals surface area contributed by atoms with Crippen LogP contribution in [0, 0.1) is 5.82 Å². The zero-order chi connectivity index (χ0) is 15.4. The van der Waals surface area contributed by atoms with Crippen LogP contribution in [-0.4, -0.2) is 42.3 Å². The van der Waals surface area contributed by atoms with E-state index in [0.717, 1.165) is 12.8 Å². The van der Waals surface area contributed by atoms with Crippen LogP contribution in [0.3, 0.4) is 0 Å². The van der Waals surface area contributed by atoms with Crippen LogP contribution < -0.4 is 10.1 Å². The van der Waals surface area contributed by atoms with Gasteiger partial charge in [-0.1, -0.05) is 6.07 Å². The number of hydrogen-bond donors (Lipinski definition) is 2. The van der Waals surface area contributed by atoms with E-state index in [2.05, 4.69) is 5.32 Å². The molecule has 21 heavy (non-hydrogen) atoms. The first kappa shape index (κ1) is 15.6. The van der Waals surface area contributed by atoms with Gasteiger partial charge in [-0.2, -0.15) is 0 Å². The van der Waals surface area contributed by atoms with Gasteiger partial charge in [0.25, 0.3) is 0 Å². The largest absolute Gasteiger partial charge is 0.496 e. The van der Waals surface area contributed by atoms with Crippen LogP contribution >= 0.6 is 0 Å². The topological polar surface area (TPSA) is 61.8 Å². The lowest BCUT2D eigenvalue weighted by atomic mass is 10.1. The third kappa shape index (κ3) is 3.26. The van der Waals surface area contributed by atoms with Crippen LogP contribution in [-0.2, 0) is 0 Å². The average molecular weight is 296 g/mol. The third-order valence-electron chi connectivity index (χ3n) is 3.85. The van der Waals surface area contributed by atoms with Crippen molar-refractivity contribution in [3.8, 4) is 5.75 Å². The van der Waals surface area contributed by atoms with Crippen molar-refractivity contribution >= 4 is 6.03 Å². The summed E-state index contributed by atoms with van der Waals surface area (Å²) in [5.41, 5.74) is 0.327. The lowest BCUT2D eigenvalue weighted by Gasteiger charge is -2.26. The standard InChI is InChI=1S/C15H21FN2O3/c1-10(14-12(16)6-3-7-13(14)21-2)17-15(20)18-8-4-5-11(18)9-19/h3,6-7,10-11,19H,4-5,8-9H2,1-2H3,(H,17,20)/t10-,11+/m0/s1. The Bertz CT molecular complexity index is 510. The molecule has 1 aromatic rings. The zero-order valence-corrected chi connectivity index (χ0v) is 12.3. The van der Waals surface area contributed by atoms with Gasteiger partial charge < -0.3 is 20.1 Å². The molecule has 1 heterocycles. The number of urea groups is 1. The molecule has 0 aromatic heterocycles. The number of hydrogen-bond acceptors (Lipinski definition) is 3. The molecule has 5 nitrogen and oxygen atoms in total. The van der Waals surface area contributed by atoms with Gasteiger partial charge in [0.15, 0.2) is 0 Å². The van der Waals surface area contributed by atoms with Gasteiger partial charge in [-0.3, -0.25) is 0 Å². The summed E-state index contributed by atoms with van der Waals surface area (Å²) in [6, 6.07) is 3.60. The Morgan fingerprint density at radius 1 is 1.62 bits per heavy atom. The minimum Gasteiger partial charge on any atom is -0.496 e. The first-order valence-corrected chi connectivity index (χ1v) is 7.08. The van der Waals surface area contributed by atoms with Crippen LogP contribution in [0.25, 0.3) is 0 Å². The second-order valence-electron chi connectivity index (χ2n) is 5.20. The minimum atomic E-state index is -0.520. The molecule has 1 fully saturated rings. The van der Waals surface area contributed by atoms with E-state index in [4.69, 9.17) is 4.74 Å². The van der Waals surface area contributed by atoms with E-state index < -0.39 is 11.9 Å². The molecule has 6 heteroatoms. The van der Waals surface area contributed by atoms with Crippen molar-refractivity contribution in [3.05, 3.63) is 29.6 Å². The zero-order valence-electron chi connectivity index (χ0n) is 12.3. The van der Waals surface area contributed by atoms with E-state index in [-0.39, 0.29) is 18.7 Å². The van der Waals surface area contributed by atoms with E-state index in [0.29, 0.717) is 17.9 Å². The fourth-order valence-corrected chi connectivity index (χ4v) is 2.75. The van der Waals surface area contributed by atoms with Gasteiger partial charge in [-0.25, -0.2) is 9.18 Å². The van der Waals surface area contributed by atoms with Crippen LogP contribution in [0.2, 0.25) is 0 Å². The molecule has 0 unspecified atom stereocenters. The summed E-state index contributed by atoms with van der Waals surface area (Å²) in [7, 11) is 1.47. The number of carbonyl (C=O) groups excluding carboxylic acids is 1. The van der Waals surface area contributed by atoms with Crippen molar-refractivity contribution in [1.82, 2.24) is 10.2 Å². The molecule has 2 atom stereocenters.